The number of aromatic amines is 1. The van der Waals surface area contributed by atoms with Crippen LogP contribution >= 0.6 is 0 Å². The monoisotopic (exact) mass is 420 g/mol. The summed E-state index contributed by atoms with van der Waals surface area (Å²) in [5.74, 6) is 0.815. The Morgan fingerprint density at radius 1 is 1.16 bits per heavy atom. The van der Waals surface area contributed by atoms with E-state index >= 15 is 0 Å². The van der Waals surface area contributed by atoms with Crippen LogP contribution in [0.5, 0.6) is 5.75 Å². The molecule has 1 aliphatic carbocycles. The van der Waals surface area contributed by atoms with Gasteiger partial charge in [-0.1, -0.05) is 0 Å². The standard InChI is InChI=1S/C22H24N6O3/c1-22(2)30-17-12(10-29-16-4-7-25-20-13(16)3-6-24-20)9-15(18(17)31-22)28-8-5-14-19(23)26-11-27-21(14)28/h3-8,11-12,15,17-18H,9-10H2,1-2H3,(H,24,25)(H2,23,26,27)/t12-,15-,17-,18+/m1/s1. The average molecular weight is 420 g/mol. The molecule has 1 saturated heterocycles. The van der Waals surface area contributed by atoms with E-state index in [-0.39, 0.29) is 24.2 Å². The van der Waals surface area contributed by atoms with E-state index in [1.807, 2.05) is 44.4 Å². The molecule has 1 aliphatic heterocycles. The van der Waals surface area contributed by atoms with Crippen LogP contribution < -0.4 is 10.5 Å². The molecule has 0 unspecified atom stereocenters. The molecule has 160 valence electrons. The number of nitrogens with one attached hydrogen (secondary N) is 1. The lowest BCUT2D eigenvalue weighted by Crippen LogP contribution is -2.29. The molecule has 5 heterocycles. The molecule has 6 rings (SSSR count). The average Bonchev–Trinajstić information content (AvgIpc) is 3.49. The third kappa shape index (κ3) is 2.95. The van der Waals surface area contributed by atoms with Gasteiger partial charge in [-0.2, -0.15) is 0 Å². The Morgan fingerprint density at radius 3 is 2.94 bits per heavy atom. The number of ether oxygens (including phenoxy) is 3. The predicted molar refractivity (Wildman–Crippen MR) is 114 cm³/mol. The first-order chi connectivity index (χ1) is 15.0. The molecule has 31 heavy (non-hydrogen) atoms. The Kier molecular flexibility index (Phi) is 4.00. The summed E-state index contributed by atoms with van der Waals surface area (Å²) >= 11 is 0. The van der Waals surface area contributed by atoms with Gasteiger partial charge in [-0.25, -0.2) is 15.0 Å². The number of fused-ring (bicyclic) bond motifs is 3. The predicted octanol–water partition coefficient (Wildman–Crippen LogP) is 3.05. The van der Waals surface area contributed by atoms with Crippen LogP contribution in [0.4, 0.5) is 5.82 Å². The quantitative estimate of drug-likeness (QED) is 0.522. The number of rotatable bonds is 4. The highest BCUT2D eigenvalue weighted by atomic mass is 16.8. The molecule has 0 radical (unpaired) electrons. The molecule has 0 bridgehead atoms. The highest BCUT2D eigenvalue weighted by Crippen LogP contribution is 2.48. The third-order valence-electron chi connectivity index (χ3n) is 6.32. The number of hydrogen-bond donors (Lipinski definition) is 2. The normalized spacial score (nSPS) is 27.2. The molecule has 1 saturated carbocycles. The summed E-state index contributed by atoms with van der Waals surface area (Å²) in [5, 5.41) is 1.82. The number of pyridine rings is 1. The molecule has 9 nitrogen and oxygen atoms in total. The minimum Gasteiger partial charge on any atom is -0.492 e. The molecular weight excluding hydrogens is 396 g/mol. The van der Waals surface area contributed by atoms with Crippen molar-refractivity contribution in [3.8, 4) is 5.75 Å². The van der Waals surface area contributed by atoms with Crippen LogP contribution in [0.1, 0.15) is 26.3 Å². The van der Waals surface area contributed by atoms with Crippen LogP contribution in [0.15, 0.2) is 43.1 Å². The summed E-state index contributed by atoms with van der Waals surface area (Å²) < 4.78 is 21.1. The summed E-state index contributed by atoms with van der Waals surface area (Å²) in [7, 11) is 0. The molecule has 3 N–H and O–H groups in total. The summed E-state index contributed by atoms with van der Waals surface area (Å²) in [6.07, 6.45) is 7.82. The smallest absolute Gasteiger partial charge is 0.163 e. The highest BCUT2D eigenvalue weighted by Gasteiger charge is 2.55. The zero-order valence-corrected chi connectivity index (χ0v) is 17.4. The van der Waals surface area contributed by atoms with Crippen molar-refractivity contribution in [3.05, 3.63) is 43.1 Å². The largest absolute Gasteiger partial charge is 0.492 e. The Morgan fingerprint density at radius 2 is 2.03 bits per heavy atom. The Labute approximate surface area is 178 Å². The van der Waals surface area contributed by atoms with Crippen molar-refractivity contribution in [2.24, 2.45) is 5.92 Å². The molecule has 0 aromatic carbocycles. The van der Waals surface area contributed by atoms with Gasteiger partial charge in [0, 0.05) is 24.5 Å². The molecule has 2 aliphatic rings. The fourth-order valence-corrected chi connectivity index (χ4v) is 5.01. The number of nitrogen functional groups attached to an aromatic ring is 1. The van der Waals surface area contributed by atoms with E-state index < -0.39 is 5.79 Å². The molecule has 9 heteroatoms. The second kappa shape index (κ2) is 6.66. The van der Waals surface area contributed by atoms with E-state index in [4.69, 9.17) is 19.9 Å². The molecule has 4 aromatic heterocycles. The molecule has 4 aromatic rings. The second-order valence-corrected chi connectivity index (χ2v) is 8.71. The van der Waals surface area contributed by atoms with Crippen molar-refractivity contribution < 1.29 is 14.2 Å². The van der Waals surface area contributed by atoms with Crippen molar-refractivity contribution in [2.45, 2.75) is 44.3 Å². The summed E-state index contributed by atoms with van der Waals surface area (Å²) in [6, 6.07) is 5.91. The van der Waals surface area contributed by atoms with Gasteiger partial charge >= 0.3 is 0 Å². The molecule has 0 amide bonds. The first-order valence-electron chi connectivity index (χ1n) is 10.5. The van der Waals surface area contributed by atoms with Crippen LogP contribution in [0.25, 0.3) is 22.1 Å². The van der Waals surface area contributed by atoms with Gasteiger partial charge in [-0.15, -0.1) is 0 Å². The number of H-pyrrole nitrogens is 1. The van der Waals surface area contributed by atoms with Gasteiger partial charge in [-0.05, 0) is 38.5 Å². The highest BCUT2D eigenvalue weighted by molar-refractivity contribution is 5.86. The van der Waals surface area contributed by atoms with Gasteiger partial charge in [0.15, 0.2) is 5.79 Å². The van der Waals surface area contributed by atoms with Crippen LogP contribution in [0.3, 0.4) is 0 Å². The molecule has 4 atom stereocenters. The van der Waals surface area contributed by atoms with E-state index in [0.717, 1.165) is 34.2 Å². The van der Waals surface area contributed by atoms with Gasteiger partial charge in [0.1, 0.15) is 35.3 Å². The number of nitrogens with two attached hydrogens (primary N) is 1. The summed E-state index contributed by atoms with van der Waals surface area (Å²) in [4.78, 5) is 16.0. The van der Waals surface area contributed by atoms with Crippen molar-refractivity contribution in [3.63, 3.8) is 0 Å². The molecule has 0 spiro atoms. The molecule has 2 fully saturated rings. The minimum absolute atomic E-state index is 0.0666. The SMILES string of the molecule is CC1(C)O[C@@H]2[C@@H](COc3ccnc4[nH]ccc34)C[C@@H](n3ccc4c(N)ncnc43)[C@@H]2O1. The van der Waals surface area contributed by atoms with E-state index in [1.54, 1.807) is 6.20 Å². The minimum atomic E-state index is -0.645. The van der Waals surface area contributed by atoms with E-state index in [9.17, 15) is 0 Å². The van der Waals surface area contributed by atoms with Gasteiger partial charge in [0.25, 0.3) is 0 Å². The van der Waals surface area contributed by atoms with Crippen LogP contribution in [0, 0.1) is 5.92 Å². The fourth-order valence-electron chi connectivity index (χ4n) is 5.01. The Hall–Kier alpha value is -3.17. The second-order valence-electron chi connectivity index (χ2n) is 8.71. The zero-order valence-electron chi connectivity index (χ0n) is 17.4. The van der Waals surface area contributed by atoms with E-state index in [0.29, 0.717) is 12.4 Å². The Balaban J connectivity index is 1.31. The molecular formula is C22H24N6O3. The maximum atomic E-state index is 6.34. The van der Waals surface area contributed by atoms with Crippen LogP contribution in [-0.2, 0) is 9.47 Å². The Bertz CT molecular complexity index is 1260. The van der Waals surface area contributed by atoms with Gasteiger partial charge in [0.2, 0.25) is 0 Å². The van der Waals surface area contributed by atoms with E-state index in [2.05, 4.69) is 24.5 Å². The lowest BCUT2D eigenvalue weighted by molar-refractivity contribution is -0.161. The number of hydrogen-bond acceptors (Lipinski definition) is 7. The lowest BCUT2D eigenvalue weighted by Gasteiger charge is -2.24. The zero-order chi connectivity index (χ0) is 21.2. The van der Waals surface area contributed by atoms with Gasteiger partial charge in [-0.3, -0.25) is 0 Å². The summed E-state index contributed by atoms with van der Waals surface area (Å²) in [5.41, 5.74) is 7.68. The lowest BCUT2D eigenvalue weighted by atomic mass is 10.1. The van der Waals surface area contributed by atoms with Crippen molar-refractivity contribution in [2.75, 3.05) is 12.3 Å². The maximum absolute atomic E-state index is 6.34. The third-order valence-corrected chi connectivity index (χ3v) is 6.32. The first-order valence-corrected chi connectivity index (χ1v) is 10.5. The van der Waals surface area contributed by atoms with Crippen LogP contribution in [0.2, 0.25) is 0 Å². The maximum Gasteiger partial charge on any atom is 0.163 e. The summed E-state index contributed by atoms with van der Waals surface area (Å²) in [6.45, 7) is 4.44. The van der Waals surface area contributed by atoms with Gasteiger partial charge in [0.05, 0.1) is 29.5 Å². The number of nitrogens with zero attached hydrogens (tertiary/aromatic N) is 4. The number of anilines is 1. The topological polar surface area (TPSA) is 113 Å². The van der Waals surface area contributed by atoms with Gasteiger partial charge < -0.3 is 29.5 Å². The number of aromatic nitrogens is 5. The van der Waals surface area contributed by atoms with Crippen LogP contribution in [-0.4, -0.2) is 49.1 Å². The van der Waals surface area contributed by atoms with E-state index in [1.165, 1.54) is 6.33 Å². The van der Waals surface area contributed by atoms with Crippen molar-refractivity contribution in [1.29, 1.82) is 0 Å². The first kappa shape index (κ1) is 18.6. The van der Waals surface area contributed by atoms with Crippen molar-refractivity contribution in [1.82, 2.24) is 24.5 Å². The van der Waals surface area contributed by atoms with Crippen molar-refractivity contribution >= 4 is 27.9 Å². The fraction of sp³-hybridized carbons (Fsp3) is 0.409.